The zero-order chi connectivity index (χ0) is 29.6. The fourth-order valence-corrected chi connectivity index (χ4v) is 10.1. The molecule has 0 aliphatic heterocycles. The summed E-state index contributed by atoms with van der Waals surface area (Å²) in [6.07, 6.45) is 0. The molecule has 0 spiro atoms. The van der Waals surface area contributed by atoms with E-state index in [4.69, 9.17) is 14.3 Å². The van der Waals surface area contributed by atoms with Gasteiger partial charge in [-0.1, -0.05) is 0 Å². The van der Waals surface area contributed by atoms with E-state index in [1.54, 1.807) is 0 Å². The minimum absolute atomic E-state index is 0.604. The Bertz CT molecular complexity index is 1230. The number of anilines is 4. The van der Waals surface area contributed by atoms with Gasteiger partial charge in [-0.15, -0.1) is 0 Å². The average Bonchev–Trinajstić information content (AvgIpc) is 2.93. The van der Waals surface area contributed by atoms with E-state index < -0.39 is 16.2 Å². The molecule has 4 rings (SSSR count). The molecule has 0 saturated carbocycles. The fourth-order valence-electron chi connectivity index (χ4n) is 4.40. The van der Waals surface area contributed by atoms with Crippen LogP contribution in [0.1, 0.15) is 0 Å². The summed E-state index contributed by atoms with van der Waals surface area (Å²) in [7, 11) is 15.9. The molecule has 0 N–H and O–H groups in total. The molecular formula is C32H40N4O4Zn. The molecule has 8 nitrogen and oxygen atoms in total. The van der Waals surface area contributed by atoms with E-state index in [1.165, 1.54) is 0 Å². The summed E-state index contributed by atoms with van der Waals surface area (Å²) in [5, 5.41) is 0. The van der Waals surface area contributed by atoms with Crippen LogP contribution >= 0.6 is 0 Å². The first-order chi connectivity index (χ1) is 19.5. The van der Waals surface area contributed by atoms with E-state index in [2.05, 4.69) is 0 Å². The van der Waals surface area contributed by atoms with Crippen molar-refractivity contribution in [3.05, 3.63) is 97.1 Å². The molecule has 0 fully saturated rings. The van der Waals surface area contributed by atoms with Crippen molar-refractivity contribution in [3.8, 4) is 23.0 Å². The van der Waals surface area contributed by atoms with Gasteiger partial charge in [0.15, 0.2) is 0 Å². The average molecular weight is 610 g/mol. The number of hydrogen-bond donors (Lipinski definition) is 0. The van der Waals surface area contributed by atoms with Crippen molar-refractivity contribution >= 4 is 22.7 Å². The van der Waals surface area contributed by atoms with Crippen LogP contribution in [0.15, 0.2) is 97.1 Å². The first-order valence-electron chi connectivity index (χ1n) is 13.7. The molecule has 0 aliphatic carbocycles. The minimum atomic E-state index is -5.23. The topological polar surface area (TPSA) is 49.9 Å². The third-order valence-electron chi connectivity index (χ3n) is 6.71. The van der Waals surface area contributed by atoms with Crippen molar-refractivity contribution < 1.29 is 30.5 Å². The molecule has 0 amide bonds. The van der Waals surface area contributed by atoms with Gasteiger partial charge in [0.1, 0.15) is 0 Å². The van der Waals surface area contributed by atoms with Crippen LogP contribution in [0, 0.1) is 0 Å². The molecule has 0 aliphatic rings. The zero-order valence-electron chi connectivity index (χ0n) is 25.4. The molecule has 0 heterocycles. The number of rotatable bonds is 12. The van der Waals surface area contributed by atoms with Gasteiger partial charge in [0, 0.05) is 0 Å². The van der Waals surface area contributed by atoms with Crippen LogP contribution in [0.2, 0.25) is 0 Å². The Labute approximate surface area is 248 Å². The molecule has 0 bridgehead atoms. The Morgan fingerprint density at radius 2 is 0.585 bits per heavy atom. The molecular weight excluding hydrogens is 570 g/mol. The van der Waals surface area contributed by atoms with Gasteiger partial charge in [0.05, 0.1) is 0 Å². The second-order valence-corrected chi connectivity index (χ2v) is 16.2. The van der Waals surface area contributed by atoms with E-state index in [0.717, 1.165) is 22.7 Å². The molecule has 9 heteroatoms. The van der Waals surface area contributed by atoms with Crippen molar-refractivity contribution in [1.29, 1.82) is 0 Å². The zero-order valence-corrected chi connectivity index (χ0v) is 28.3. The maximum atomic E-state index is 6.79. The standard InChI is InChI=1S/4C8H11NO.Zn/c4*1-9(2)7-4-3-5-8(10)6-7;/h4*3-6,10H,1-2H3;/q;;;;+4/p-4. The van der Waals surface area contributed by atoms with Crippen LogP contribution in [0.5, 0.6) is 23.0 Å². The van der Waals surface area contributed by atoms with Crippen LogP contribution in [0.3, 0.4) is 0 Å². The van der Waals surface area contributed by atoms with E-state index in [1.807, 2.05) is 173 Å². The molecule has 214 valence electrons. The number of hydrogen-bond acceptors (Lipinski definition) is 8. The predicted molar refractivity (Wildman–Crippen MR) is 166 cm³/mol. The van der Waals surface area contributed by atoms with Crippen molar-refractivity contribution in [3.63, 3.8) is 0 Å². The summed E-state index contributed by atoms with van der Waals surface area (Å²) in [6, 6.07) is 31.4. The first-order valence-corrected chi connectivity index (χ1v) is 18.6. The quantitative estimate of drug-likeness (QED) is 0.172. The monoisotopic (exact) mass is 608 g/mol. The van der Waals surface area contributed by atoms with Gasteiger partial charge in [-0.3, -0.25) is 0 Å². The molecule has 0 atom stereocenters. The molecule has 0 saturated heterocycles. The van der Waals surface area contributed by atoms with Crippen LogP contribution < -0.4 is 33.9 Å². The van der Waals surface area contributed by atoms with Gasteiger partial charge in [-0.25, -0.2) is 0 Å². The van der Waals surface area contributed by atoms with Crippen molar-refractivity contribution in [1.82, 2.24) is 0 Å². The van der Waals surface area contributed by atoms with Gasteiger partial charge in [-0.05, 0) is 0 Å². The van der Waals surface area contributed by atoms with E-state index >= 15 is 0 Å². The van der Waals surface area contributed by atoms with Gasteiger partial charge in [-0.2, -0.15) is 0 Å². The third kappa shape index (κ3) is 7.98. The second-order valence-electron chi connectivity index (χ2n) is 10.9. The molecule has 0 radical (unpaired) electrons. The fraction of sp³-hybridized carbons (Fsp3) is 0.250. The Morgan fingerprint density at radius 1 is 0.366 bits per heavy atom. The van der Waals surface area contributed by atoms with Gasteiger partial charge < -0.3 is 0 Å². The summed E-state index contributed by atoms with van der Waals surface area (Å²) >= 11 is -5.23. The molecule has 41 heavy (non-hydrogen) atoms. The third-order valence-corrected chi connectivity index (χ3v) is 12.5. The Morgan fingerprint density at radius 3 is 0.780 bits per heavy atom. The predicted octanol–water partition coefficient (Wildman–Crippen LogP) is 6.38. The molecule has 4 aromatic rings. The molecule has 0 unspecified atom stereocenters. The van der Waals surface area contributed by atoms with Crippen LogP contribution in [-0.2, 0) is 16.2 Å². The van der Waals surface area contributed by atoms with Crippen LogP contribution in [-0.4, -0.2) is 56.4 Å². The normalized spacial score (nSPS) is 10.5. The summed E-state index contributed by atoms with van der Waals surface area (Å²) in [4.78, 5) is 8.09. The van der Waals surface area contributed by atoms with E-state index in [9.17, 15) is 0 Å². The summed E-state index contributed by atoms with van der Waals surface area (Å²) in [5.41, 5.74) is 3.96. The molecule has 0 aromatic heterocycles. The summed E-state index contributed by atoms with van der Waals surface area (Å²) in [6.45, 7) is 0. The van der Waals surface area contributed by atoms with E-state index in [0.29, 0.717) is 23.0 Å². The number of benzene rings is 4. The van der Waals surface area contributed by atoms with Crippen LogP contribution in [0.25, 0.3) is 0 Å². The van der Waals surface area contributed by atoms with Crippen molar-refractivity contribution in [2.45, 2.75) is 0 Å². The Balaban J connectivity index is 1.87. The van der Waals surface area contributed by atoms with E-state index in [-0.39, 0.29) is 0 Å². The van der Waals surface area contributed by atoms with Crippen molar-refractivity contribution in [2.75, 3.05) is 76.0 Å². The summed E-state index contributed by atoms with van der Waals surface area (Å²) in [5.74, 6) is 2.42. The second kappa shape index (κ2) is 13.0. The van der Waals surface area contributed by atoms with Gasteiger partial charge in [0.2, 0.25) is 0 Å². The first kappa shape index (κ1) is 29.9. The van der Waals surface area contributed by atoms with Gasteiger partial charge >= 0.3 is 249 Å². The van der Waals surface area contributed by atoms with Crippen molar-refractivity contribution in [2.24, 2.45) is 0 Å². The van der Waals surface area contributed by atoms with Crippen LogP contribution in [0.4, 0.5) is 22.7 Å². The molecule has 4 aromatic carbocycles. The SMILES string of the molecule is CN(C)c1cccc([O][Zn]([O]c2cccc(N(C)C)c2)([O]c2cccc(N(C)C)c2)[O]c2cccc(N(C)C)c2)c1. The Hall–Kier alpha value is -4.10. The van der Waals surface area contributed by atoms with Gasteiger partial charge in [0.25, 0.3) is 0 Å². The number of nitrogens with zero attached hydrogens (tertiary/aromatic N) is 4. The summed E-state index contributed by atoms with van der Waals surface area (Å²) < 4.78 is 27.2. The Kier molecular flexibility index (Phi) is 9.51. The maximum absolute atomic E-state index is 6.79.